The third-order valence-electron chi connectivity index (χ3n) is 5.64. The van der Waals surface area contributed by atoms with Gasteiger partial charge < -0.3 is 31.2 Å². The molecule has 1 aromatic carbocycles. The molecule has 3 rings (SSSR count). The number of likely N-dealkylation sites (N-methyl/N-ethyl adjacent to an activating group) is 1. The summed E-state index contributed by atoms with van der Waals surface area (Å²) in [6.45, 7) is 5.97. The maximum absolute atomic E-state index is 12.1. The maximum Gasteiger partial charge on any atom is 0.271 e. The second kappa shape index (κ2) is 11.1. The molecule has 0 aliphatic heterocycles. The average molecular weight is 471 g/mol. The standard InChI is InChI=1S/C24H34N6O4/c1-6-19-20(15-7-8-15)30-23(21(29-19)22(25)31)28-16-9-17(33-5)11-18(10-16)34-13(2)12-27-24(32)14(3)26-4/h9-11,13-15,26H,6-8,12H2,1-5H3,(H2,25,31)(H,27,32)(H,28,30). The van der Waals surface area contributed by atoms with Crippen LogP contribution in [0, 0.1) is 0 Å². The zero-order chi connectivity index (χ0) is 24.8. The number of benzene rings is 1. The lowest BCUT2D eigenvalue weighted by Crippen LogP contribution is -2.43. The largest absolute Gasteiger partial charge is 0.497 e. The van der Waals surface area contributed by atoms with Gasteiger partial charge in [0.15, 0.2) is 11.5 Å². The summed E-state index contributed by atoms with van der Waals surface area (Å²) < 4.78 is 11.4. The Kier molecular flexibility index (Phi) is 8.27. The molecule has 2 atom stereocenters. The van der Waals surface area contributed by atoms with Crippen molar-refractivity contribution < 1.29 is 19.1 Å². The molecule has 1 fully saturated rings. The molecule has 0 bridgehead atoms. The number of aromatic nitrogens is 2. The van der Waals surface area contributed by atoms with E-state index in [0.29, 0.717) is 41.9 Å². The van der Waals surface area contributed by atoms with Gasteiger partial charge in [0.05, 0.1) is 31.1 Å². The average Bonchev–Trinajstić information content (AvgIpc) is 3.66. The van der Waals surface area contributed by atoms with Gasteiger partial charge in [0, 0.05) is 29.8 Å². The number of hydrogen-bond donors (Lipinski definition) is 4. The van der Waals surface area contributed by atoms with Crippen molar-refractivity contribution in [3.8, 4) is 11.5 Å². The molecule has 10 nitrogen and oxygen atoms in total. The number of nitrogens with one attached hydrogen (secondary N) is 3. The molecule has 1 heterocycles. The Morgan fingerprint density at radius 1 is 1.18 bits per heavy atom. The summed E-state index contributed by atoms with van der Waals surface area (Å²) in [5.74, 6) is 1.02. The van der Waals surface area contributed by atoms with Crippen molar-refractivity contribution in [3.05, 3.63) is 35.3 Å². The number of hydrogen-bond acceptors (Lipinski definition) is 8. The molecule has 0 spiro atoms. The molecule has 184 valence electrons. The predicted octanol–water partition coefficient (Wildman–Crippen LogP) is 2.26. The van der Waals surface area contributed by atoms with Crippen molar-refractivity contribution in [1.82, 2.24) is 20.6 Å². The van der Waals surface area contributed by atoms with E-state index in [9.17, 15) is 9.59 Å². The Bertz CT molecular complexity index is 1040. The van der Waals surface area contributed by atoms with Crippen LogP contribution in [0.2, 0.25) is 0 Å². The molecule has 10 heteroatoms. The Labute approximate surface area is 200 Å². The van der Waals surface area contributed by atoms with Crippen LogP contribution in [0.25, 0.3) is 0 Å². The first-order valence-electron chi connectivity index (χ1n) is 11.5. The SMILES string of the molecule is CCc1nc(C(N)=O)c(Nc2cc(OC)cc(OC(C)CNC(=O)C(C)NC)c2)nc1C1CC1. The molecule has 0 saturated heterocycles. The van der Waals surface area contributed by atoms with Gasteiger partial charge in [0.2, 0.25) is 5.91 Å². The summed E-state index contributed by atoms with van der Waals surface area (Å²) in [4.78, 5) is 33.3. The fourth-order valence-electron chi connectivity index (χ4n) is 3.45. The molecule has 0 radical (unpaired) electrons. The van der Waals surface area contributed by atoms with Crippen molar-refractivity contribution in [2.75, 3.05) is 26.0 Å². The summed E-state index contributed by atoms with van der Waals surface area (Å²) >= 11 is 0. The number of rotatable bonds is 12. The number of carbonyl (C=O) groups is 2. The zero-order valence-electron chi connectivity index (χ0n) is 20.4. The topological polar surface area (TPSA) is 140 Å². The van der Waals surface area contributed by atoms with E-state index in [1.165, 1.54) is 0 Å². The highest BCUT2D eigenvalue weighted by Gasteiger charge is 2.30. The third-order valence-corrected chi connectivity index (χ3v) is 5.64. The number of ether oxygens (including phenoxy) is 2. The van der Waals surface area contributed by atoms with Gasteiger partial charge in [-0.15, -0.1) is 0 Å². The van der Waals surface area contributed by atoms with Gasteiger partial charge in [-0.1, -0.05) is 6.92 Å². The van der Waals surface area contributed by atoms with Gasteiger partial charge in [0.1, 0.15) is 17.6 Å². The van der Waals surface area contributed by atoms with Crippen molar-refractivity contribution in [1.29, 1.82) is 0 Å². The Morgan fingerprint density at radius 3 is 2.47 bits per heavy atom. The fraction of sp³-hybridized carbons (Fsp3) is 0.500. The highest BCUT2D eigenvalue weighted by atomic mass is 16.5. The van der Waals surface area contributed by atoms with E-state index in [2.05, 4.69) is 20.9 Å². The first kappa shape index (κ1) is 25.2. The van der Waals surface area contributed by atoms with Crippen molar-refractivity contribution >= 4 is 23.3 Å². The van der Waals surface area contributed by atoms with Crippen LogP contribution in [-0.2, 0) is 11.2 Å². The summed E-state index contributed by atoms with van der Waals surface area (Å²) in [5.41, 5.74) is 8.03. The summed E-state index contributed by atoms with van der Waals surface area (Å²) in [7, 11) is 3.29. The third kappa shape index (κ3) is 6.34. The predicted molar refractivity (Wildman–Crippen MR) is 130 cm³/mol. The second-order valence-electron chi connectivity index (χ2n) is 8.45. The van der Waals surface area contributed by atoms with E-state index >= 15 is 0 Å². The minimum atomic E-state index is -0.647. The van der Waals surface area contributed by atoms with Gasteiger partial charge in [0.25, 0.3) is 5.91 Å². The lowest BCUT2D eigenvalue weighted by Gasteiger charge is -2.19. The van der Waals surface area contributed by atoms with E-state index < -0.39 is 5.91 Å². The van der Waals surface area contributed by atoms with Crippen LogP contribution in [0.5, 0.6) is 11.5 Å². The first-order valence-corrected chi connectivity index (χ1v) is 11.5. The monoisotopic (exact) mass is 470 g/mol. The van der Waals surface area contributed by atoms with Crippen LogP contribution < -0.4 is 31.2 Å². The van der Waals surface area contributed by atoms with Gasteiger partial charge in [-0.2, -0.15) is 0 Å². The van der Waals surface area contributed by atoms with Crippen molar-refractivity contribution in [3.63, 3.8) is 0 Å². The molecule has 1 aliphatic rings. The molecule has 5 N–H and O–H groups in total. The molecule has 2 amide bonds. The van der Waals surface area contributed by atoms with Crippen LogP contribution in [-0.4, -0.2) is 54.6 Å². The molecule has 1 aromatic heterocycles. The van der Waals surface area contributed by atoms with Gasteiger partial charge in [-0.25, -0.2) is 9.97 Å². The summed E-state index contributed by atoms with van der Waals surface area (Å²) in [5, 5.41) is 8.92. The highest BCUT2D eigenvalue weighted by Crippen LogP contribution is 2.41. The number of anilines is 2. The number of nitrogens with two attached hydrogens (primary N) is 1. The molecule has 1 saturated carbocycles. The molecular weight excluding hydrogens is 436 g/mol. The Morgan fingerprint density at radius 2 is 1.88 bits per heavy atom. The van der Waals surface area contributed by atoms with Crippen molar-refractivity contribution in [2.24, 2.45) is 5.73 Å². The number of primary amides is 1. The van der Waals surface area contributed by atoms with Gasteiger partial charge >= 0.3 is 0 Å². The number of nitrogens with zero attached hydrogens (tertiary/aromatic N) is 2. The first-order chi connectivity index (χ1) is 16.2. The van der Waals surface area contributed by atoms with Crippen LogP contribution in [0.15, 0.2) is 18.2 Å². The fourth-order valence-corrected chi connectivity index (χ4v) is 3.45. The van der Waals surface area contributed by atoms with Gasteiger partial charge in [-0.3, -0.25) is 9.59 Å². The molecular formula is C24H34N6O4. The maximum atomic E-state index is 12.1. The van der Waals surface area contributed by atoms with E-state index in [-0.39, 0.29) is 23.7 Å². The van der Waals surface area contributed by atoms with E-state index in [0.717, 1.165) is 24.2 Å². The number of carbonyl (C=O) groups excluding carboxylic acids is 2. The van der Waals surface area contributed by atoms with Crippen LogP contribution >= 0.6 is 0 Å². The lowest BCUT2D eigenvalue weighted by atomic mass is 10.1. The van der Waals surface area contributed by atoms with Crippen LogP contribution in [0.1, 0.15) is 61.4 Å². The van der Waals surface area contributed by atoms with E-state index in [4.69, 9.17) is 20.2 Å². The quantitative estimate of drug-likeness (QED) is 0.370. The minimum Gasteiger partial charge on any atom is -0.497 e. The smallest absolute Gasteiger partial charge is 0.271 e. The molecule has 34 heavy (non-hydrogen) atoms. The normalized spacial score (nSPS) is 14.7. The Balaban J connectivity index is 1.81. The van der Waals surface area contributed by atoms with Crippen molar-refractivity contribution in [2.45, 2.75) is 58.1 Å². The van der Waals surface area contributed by atoms with E-state index in [1.807, 2.05) is 13.8 Å². The number of amides is 2. The van der Waals surface area contributed by atoms with Crippen LogP contribution in [0.4, 0.5) is 11.5 Å². The molecule has 2 unspecified atom stereocenters. The van der Waals surface area contributed by atoms with E-state index in [1.54, 1.807) is 39.3 Å². The molecule has 2 aromatic rings. The second-order valence-corrected chi connectivity index (χ2v) is 8.45. The number of aryl methyl sites for hydroxylation is 1. The van der Waals surface area contributed by atoms with Crippen LogP contribution in [0.3, 0.4) is 0 Å². The van der Waals surface area contributed by atoms with Gasteiger partial charge in [-0.05, 0) is 40.2 Å². The lowest BCUT2D eigenvalue weighted by molar-refractivity contribution is -0.122. The highest BCUT2D eigenvalue weighted by molar-refractivity contribution is 5.96. The minimum absolute atomic E-state index is 0.0984. The Hall–Kier alpha value is -3.40. The number of methoxy groups -OCH3 is 1. The zero-order valence-corrected chi connectivity index (χ0v) is 20.4. The molecule has 1 aliphatic carbocycles. The summed E-state index contributed by atoms with van der Waals surface area (Å²) in [6.07, 6.45) is 2.52. The summed E-state index contributed by atoms with van der Waals surface area (Å²) in [6, 6.07) is 5.00.